The van der Waals surface area contributed by atoms with Crippen LogP contribution in [0.5, 0.6) is 0 Å². The van der Waals surface area contributed by atoms with Crippen LogP contribution in [0.2, 0.25) is 0 Å². The first-order valence-electron chi connectivity index (χ1n) is 9.73. The Labute approximate surface area is 159 Å². The summed E-state index contributed by atoms with van der Waals surface area (Å²) in [6.07, 6.45) is 4.62. The molecule has 1 aromatic carbocycles. The second kappa shape index (κ2) is 7.35. The number of hydrogen-bond donors (Lipinski definition) is 0. The first kappa shape index (κ1) is 18.0. The third-order valence-electron chi connectivity index (χ3n) is 6.08. The summed E-state index contributed by atoms with van der Waals surface area (Å²) in [6, 6.07) is 10.1. The standard InChI is InChI=1S/C21H27N3O3/c1-27-14-13-22-10-4-8-21(20(22)26)9-12-24(16-21)19(25)15-23-11-7-17-5-2-3-6-18(17)23/h2-3,5-7,11H,4,8-10,12-16H2,1H3/t21-/m1/s1. The van der Waals surface area contributed by atoms with E-state index in [1.165, 1.54) is 0 Å². The lowest BCUT2D eigenvalue weighted by molar-refractivity contribution is -0.146. The van der Waals surface area contributed by atoms with Gasteiger partial charge in [0, 0.05) is 45.0 Å². The molecule has 2 aliphatic rings. The SMILES string of the molecule is COCCN1CCC[C@]2(CCN(C(=O)Cn3ccc4ccccc43)C2)C1=O. The van der Waals surface area contributed by atoms with Crippen molar-refractivity contribution in [3.63, 3.8) is 0 Å². The number of carbonyl (C=O) groups is 2. The zero-order valence-corrected chi connectivity index (χ0v) is 15.9. The zero-order valence-electron chi connectivity index (χ0n) is 15.9. The predicted molar refractivity (Wildman–Crippen MR) is 103 cm³/mol. The molecule has 2 fully saturated rings. The van der Waals surface area contributed by atoms with Crippen LogP contribution in [0.1, 0.15) is 19.3 Å². The Morgan fingerprint density at radius 2 is 2.04 bits per heavy atom. The van der Waals surface area contributed by atoms with E-state index in [1.54, 1.807) is 7.11 Å². The number of para-hydroxylation sites is 1. The van der Waals surface area contributed by atoms with Crippen molar-refractivity contribution in [1.29, 1.82) is 0 Å². The molecule has 3 heterocycles. The van der Waals surface area contributed by atoms with Crippen molar-refractivity contribution in [2.24, 2.45) is 5.41 Å². The number of hydrogen-bond acceptors (Lipinski definition) is 3. The highest BCUT2D eigenvalue weighted by Crippen LogP contribution is 2.40. The molecule has 0 saturated carbocycles. The van der Waals surface area contributed by atoms with E-state index in [-0.39, 0.29) is 17.2 Å². The summed E-state index contributed by atoms with van der Waals surface area (Å²) in [5.41, 5.74) is 0.680. The van der Waals surface area contributed by atoms with Crippen molar-refractivity contribution in [2.75, 3.05) is 39.9 Å². The topological polar surface area (TPSA) is 54.8 Å². The Kier molecular flexibility index (Phi) is 4.91. The first-order chi connectivity index (χ1) is 13.1. The van der Waals surface area contributed by atoms with Gasteiger partial charge in [0.2, 0.25) is 11.8 Å². The molecule has 0 unspecified atom stereocenters. The monoisotopic (exact) mass is 369 g/mol. The van der Waals surface area contributed by atoms with E-state index in [2.05, 4.69) is 6.07 Å². The lowest BCUT2D eigenvalue weighted by Crippen LogP contribution is -2.51. The largest absolute Gasteiger partial charge is 0.383 e. The molecule has 144 valence electrons. The number of rotatable bonds is 5. The molecule has 1 spiro atoms. The van der Waals surface area contributed by atoms with Crippen LogP contribution in [0.25, 0.3) is 10.9 Å². The van der Waals surface area contributed by atoms with Gasteiger partial charge in [-0.05, 0) is 36.8 Å². The molecule has 6 heteroatoms. The smallest absolute Gasteiger partial charge is 0.242 e. The highest BCUT2D eigenvalue weighted by atomic mass is 16.5. The van der Waals surface area contributed by atoms with Gasteiger partial charge in [-0.3, -0.25) is 9.59 Å². The minimum atomic E-state index is -0.388. The van der Waals surface area contributed by atoms with Gasteiger partial charge in [0.1, 0.15) is 6.54 Å². The molecule has 27 heavy (non-hydrogen) atoms. The molecule has 2 amide bonds. The van der Waals surface area contributed by atoms with E-state index >= 15 is 0 Å². The molecule has 1 aromatic heterocycles. The molecular weight excluding hydrogens is 342 g/mol. The van der Waals surface area contributed by atoms with E-state index < -0.39 is 0 Å². The summed E-state index contributed by atoms with van der Waals surface area (Å²) in [4.78, 5) is 29.7. The highest BCUT2D eigenvalue weighted by Gasteiger charge is 2.49. The maximum atomic E-state index is 13.0. The van der Waals surface area contributed by atoms with Crippen LogP contribution in [-0.2, 0) is 20.9 Å². The summed E-state index contributed by atoms with van der Waals surface area (Å²) in [7, 11) is 1.66. The van der Waals surface area contributed by atoms with Crippen LogP contribution < -0.4 is 0 Å². The fourth-order valence-electron chi connectivity index (χ4n) is 4.56. The van der Waals surface area contributed by atoms with Gasteiger partial charge < -0.3 is 19.1 Å². The van der Waals surface area contributed by atoms with Gasteiger partial charge in [0.25, 0.3) is 0 Å². The van der Waals surface area contributed by atoms with E-state index in [9.17, 15) is 9.59 Å². The van der Waals surface area contributed by atoms with Crippen LogP contribution in [0.3, 0.4) is 0 Å². The third kappa shape index (κ3) is 3.34. The molecule has 2 aromatic rings. The van der Waals surface area contributed by atoms with Gasteiger partial charge in [-0.1, -0.05) is 18.2 Å². The number of fused-ring (bicyclic) bond motifs is 1. The van der Waals surface area contributed by atoms with Gasteiger partial charge in [0.15, 0.2) is 0 Å². The Morgan fingerprint density at radius 1 is 1.19 bits per heavy atom. The average molecular weight is 369 g/mol. The predicted octanol–water partition coefficient (Wildman–Crippen LogP) is 2.13. The number of ether oxygens (including phenoxy) is 1. The molecule has 4 rings (SSSR count). The number of piperidine rings is 1. The molecule has 0 bridgehead atoms. The van der Waals surface area contributed by atoms with Crippen molar-refractivity contribution in [2.45, 2.75) is 25.8 Å². The normalized spacial score (nSPS) is 22.9. The number of benzene rings is 1. The van der Waals surface area contributed by atoms with Crippen LogP contribution in [0.15, 0.2) is 36.5 Å². The Balaban J connectivity index is 1.44. The van der Waals surface area contributed by atoms with Crippen LogP contribution in [0.4, 0.5) is 0 Å². The summed E-state index contributed by atoms with van der Waals surface area (Å²) in [5, 5.41) is 1.14. The third-order valence-corrected chi connectivity index (χ3v) is 6.08. The van der Waals surface area contributed by atoms with Crippen LogP contribution in [0, 0.1) is 5.41 Å². The minimum absolute atomic E-state index is 0.0926. The fraction of sp³-hybridized carbons (Fsp3) is 0.524. The second-order valence-corrected chi connectivity index (χ2v) is 7.74. The molecular formula is C21H27N3O3. The van der Waals surface area contributed by atoms with E-state index in [4.69, 9.17) is 4.74 Å². The molecule has 1 atom stereocenters. The summed E-state index contributed by atoms with van der Waals surface area (Å²) in [5.74, 6) is 0.294. The Morgan fingerprint density at radius 3 is 2.89 bits per heavy atom. The molecule has 0 aliphatic carbocycles. The van der Waals surface area contributed by atoms with Gasteiger partial charge in [-0.2, -0.15) is 0 Å². The number of nitrogens with zero attached hydrogens (tertiary/aromatic N) is 3. The molecule has 2 aliphatic heterocycles. The summed E-state index contributed by atoms with van der Waals surface area (Å²) in [6.45, 7) is 3.54. The van der Waals surface area contributed by atoms with Gasteiger partial charge in [-0.25, -0.2) is 0 Å². The van der Waals surface area contributed by atoms with Gasteiger partial charge >= 0.3 is 0 Å². The minimum Gasteiger partial charge on any atom is -0.383 e. The van der Waals surface area contributed by atoms with E-state index in [1.807, 2.05) is 44.8 Å². The number of likely N-dealkylation sites (tertiary alicyclic amines) is 2. The summed E-state index contributed by atoms with van der Waals surface area (Å²) < 4.78 is 7.13. The van der Waals surface area contributed by atoms with Gasteiger partial charge in [-0.15, -0.1) is 0 Å². The lowest BCUT2D eigenvalue weighted by Gasteiger charge is -2.39. The Bertz CT molecular complexity index is 846. The van der Waals surface area contributed by atoms with Crippen molar-refractivity contribution < 1.29 is 14.3 Å². The van der Waals surface area contributed by atoms with Crippen molar-refractivity contribution >= 4 is 22.7 Å². The molecule has 0 N–H and O–H groups in total. The molecule has 2 saturated heterocycles. The van der Waals surface area contributed by atoms with Crippen LogP contribution in [-0.4, -0.2) is 66.1 Å². The van der Waals surface area contributed by atoms with Crippen molar-refractivity contribution in [3.8, 4) is 0 Å². The quantitative estimate of drug-likeness (QED) is 0.811. The van der Waals surface area contributed by atoms with Crippen LogP contribution >= 0.6 is 0 Å². The van der Waals surface area contributed by atoms with E-state index in [0.29, 0.717) is 32.8 Å². The molecule has 6 nitrogen and oxygen atoms in total. The lowest BCUT2D eigenvalue weighted by atomic mass is 9.78. The Hall–Kier alpha value is -2.34. The zero-order chi connectivity index (χ0) is 18.9. The maximum absolute atomic E-state index is 13.0. The average Bonchev–Trinajstić information content (AvgIpc) is 3.29. The molecule has 0 radical (unpaired) electrons. The summed E-state index contributed by atoms with van der Waals surface area (Å²) >= 11 is 0. The van der Waals surface area contributed by atoms with Gasteiger partial charge in [0.05, 0.1) is 12.0 Å². The highest BCUT2D eigenvalue weighted by molar-refractivity contribution is 5.87. The van der Waals surface area contributed by atoms with E-state index in [0.717, 1.165) is 36.7 Å². The maximum Gasteiger partial charge on any atom is 0.242 e. The fourth-order valence-corrected chi connectivity index (χ4v) is 4.56. The van der Waals surface area contributed by atoms with Crippen molar-refractivity contribution in [3.05, 3.63) is 36.5 Å². The second-order valence-electron chi connectivity index (χ2n) is 7.74. The number of aromatic nitrogens is 1. The number of methoxy groups -OCH3 is 1. The number of amides is 2. The van der Waals surface area contributed by atoms with Crippen molar-refractivity contribution in [1.82, 2.24) is 14.4 Å². The number of carbonyl (C=O) groups excluding carboxylic acids is 2. The first-order valence-corrected chi connectivity index (χ1v) is 9.73.